The molecule has 0 aliphatic carbocycles. The monoisotopic (exact) mass is 366 g/mol. The van der Waals surface area contributed by atoms with Gasteiger partial charge in [0.15, 0.2) is 0 Å². The molecular formula is C15H11ClF4S2. The Hall–Kier alpha value is -0.850. The van der Waals surface area contributed by atoms with Crippen LogP contribution in [-0.4, -0.2) is 10.5 Å². The smallest absolute Gasteiger partial charge is 0.186 e. The van der Waals surface area contributed by atoms with Gasteiger partial charge in [-0.25, -0.2) is 0 Å². The molecule has 0 aromatic heterocycles. The van der Waals surface area contributed by atoms with Crippen molar-refractivity contribution in [3.8, 4) is 0 Å². The quantitative estimate of drug-likeness (QED) is 0.425. The van der Waals surface area contributed by atoms with Gasteiger partial charge in [0.25, 0.3) is 0 Å². The Bertz CT molecular complexity index is 569. The van der Waals surface area contributed by atoms with Gasteiger partial charge in [0, 0.05) is 14.8 Å². The summed E-state index contributed by atoms with van der Waals surface area (Å²) in [6, 6.07) is 11.3. The van der Waals surface area contributed by atoms with Gasteiger partial charge in [0.2, 0.25) is 0 Å². The maximum atomic E-state index is 13.9. The molecule has 0 spiro atoms. The lowest BCUT2D eigenvalue weighted by Gasteiger charge is -2.25. The Balaban J connectivity index is 2.14. The SMILES string of the molecule is Cc1ccc(SC(F)(F)C(F)(F)Sc2ccc(Cl)cc2)cc1. The van der Waals surface area contributed by atoms with Crippen molar-refractivity contribution in [3.63, 3.8) is 0 Å². The van der Waals surface area contributed by atoms with Gasteiger partial charge in [-0.2, -0.15) is 17.6 Å². The van der Waals surface area contributed by atoms with Crippen LogP contribution in [0.15, 0.2) is 58.3 Å². The van der Waals surface area contributed by atoms with Crippen molar-refractivity contribution < 1.29 is 17.6 Å². The van der Waals surface area contributed by atoms with Gasteiger partial charge in [0.05, 0.1) is 0 Å². The van der Waals surface area contributed by atoms with E-state index < -0.39 is 10.5 Å². The molecule has 7 heteroatoms. The molecule has 0 unspecified atom stereocenters. The van der Waals surface area contributed by atoms with Crippen molar-refractivity contribution in [1.82, 2.24) is 0 Å². The molecule has 0 nitrogen and oxygen atoms in total. The first-order chi connectivity index (χ1) is 10.2. The molecule has 0 heterocycles. The van der Waals surface area contributed by atoms with Crippen LogP contribution < -0.4 is 0 Å². The van der Waals surface area contributed by atoms with Gasteiger partial charge >= 0.3 is 10.5 Å². The third kappa shape index (κ3) is 4.33. The standard InChI is InChI=1S/C15H11ClF4S2/c1-10-2-6-12(7-3-10)21-14(17,18)15(19,20)22-13-8-4-11(16)5-9-13/h2-9H,1H3. The number of alkyl halides is 4. The predicted octanol–water partition coefficient (Wildman–Crippen LogP) is 6.72. The molecule has 0 aliphatic rings. The molecule has 2 aromatic rings. The van der Waals surface area contributed by atoms with E-state index in [9.17, 15) is 17.6 Å². The van der Waals surface area contributed by atoms with Crippen molar-refractivity contribution in [2.75, 3.05) is 0 Å². The van der Waals surface area contributed by atoms with E-state index in [1.807, 2.05) is 0 Å². The summed E-state index contributed by atoms with van der Waals surface area (Å²) >= 11 is 5.32. The first-order valence-electron chi connectivity index (χ1n) is 6.15. The summed E-state index contributed by atoms with van der Waals surface area (Å²) in [5.41, 5.74) is 0.870. The Labute approximate surface area is 139 Å². The number of thioether (sulfide) groups is 2. The zero-order valence-corrected chi connectivity index (χ0v) is 13.7. The third-order valence-electron chi connectivity index (χ3n) is 2.67. The molecule has 0 atom stereocenters. The minimum Gasteiger partial charge on any atom is -0.186 e. The summed E-state index contributed by atoms with van der Waals surface area (Å²) in [5.74, 6) is 0. The Morgan fingerprint density at radius 2 is 1.09 bits per heavy atom. The zero-order chi connectivity index (χ0) is 16.4. The number of aryl methyl sites for hydroxylation is 1. The fraction of sp³-hybridized carbons (Fsp3) is 0.200. The Morgan fingerprint density at radius 3 is 1.50 bits per heavy atom. The van der Waals surface area contributed by atoms with Crippen LogP contribution in [0.2, 0.25) is 5.02 Å². The molecule has 2 rings (SSSR count). The topological polar surface area (TPSA) is 0 Å². The second kappa shape index (κ2) is 6.72. The lowest BCUT2D eigenvalue weighted by Crippen LogP contribution is -2.34. The lowest BCUT2D eigenvalue weighted by molar-refractivity contribution is -0.0834. The molecule has 0 saturated heterocycles. The zero-order valence-electron chi connectivity index (χ0n) is 11.3. The summed E-state index contributed by atoms with van der Waals surface area (Å²) in [7, 11) is 0. The minimum atomic E-state index is -4.25. The van der Waals surface area contributed by atoms with Crippen molar-refractivity contribution in [2.24, 2.45) is 0 Å². The Morgan fingerprint density at radius 1 is 0.727 bits per heavy atom. The second-order valence-corrected chi connectivity index (χ2v) is 7.32. The highest BCUT2D eigenvalue weighted by atomic mass is 35.5. The van der Waals surface area contributed by atoms with E-state index in [0.29, 0.717) is 5.02 Å². The number of hydrogen-bond donors (Lipinski definition) is 0. The Kier molecular flexibility index (Phi) is 5.35. The highest BCUT2D eigenvalue weighted by Gasteiger charge is 2.58. The maximum absolute atomic E-state index is 13.9. The van der Waals surface area contributed by atoms with Crippen molar-refractivity contribution in [3.05, 3.63) is 59.1 Å². The van der Waals surface area contributed by atoms with Gasteiger partial charge in [-0.05, 0) is 66.8 Å². The summed E-state index contributed by atoms with van der Waals surface area (Å²) in [6.07, 6.45) is 0. The van der Waals surface area contributed by atoms with Crippen LogP contribution in [0.3, 0.4) is 0 Å². The molecule has 0 saturated carbocycles. The lowest BCUT2D eigenvalue weighted by atomic mass is 10.2. The van der Waals surface area contributed by atoms with Gasteiger partial charge in [-0.15, -0.1) is 0 Å². The van der Waals surface area contributed by atoms with Gasteiger partial charge in [0.1, 0.15) is 0 Å². The van der Waals surface area contributed by atoms with Crippen LogP contribution in [0.25, 0.3) is 0 Å². The first kappa shape index (κ1) is 17.5. The highest BCUT2D eigenvalue weighted by molar-refractivity contribution is 8.04. The molecule has 0 aliphatic heterocycles. The van der Waals surface area contributed by atoms with Crippen molar-refractivity contribution in [1.29, 1.82) is 0 Å². The predicted molar refractivity (Wildman–Crippen MR) is 84.2 cm³/mol. The van der Waals surface area contributed by atoms with Crippen LogP contribution in [-0.2, 0) is 0 Å². The van der Waals surface area contributed by atoms with E-state index in [-0.39, 0.29) is 33.3 Å². The molecule has 0 N–H and O–H groups in total. The van der Waals surface area contributed by atoms with E-state index >= 15 is 0 Å². The molecule has 0 bridgehead atoms. The number of rotatable bonds is 5. The molecule has 118 valence electrons. The van der Waals surface area contributed by atoms with Crippen LogP contribution >= 0.6 is 35.1 Å². The van der Waals surface area contributed by atoms with E-state index in [2.05, 4.69) is 0 Å². The molecule has 2 aromatic carbocycles. The maximum Gasteiger partial charge on any atom is 0.370 e. The molecule has 0 fully saturated rings. The summed E-state index contributed by atoms with van der Waals surface area (Å²) in [5, 5.41) is -8.14. The number of benzene rings is 2. The van der Waals surface area contributed by atoms with Crippen LogP contribution in [0.4, 0.5) is 17.6 Å². The summed E-state index contributed by atoms with van der Waals surface area (Å²) in [6.45, 7) is 1.79. The van der Waals surface area contributed by atoms with E-state index in [0.717, 1.165) is 5.56 Å². The average molecular weight is 367 g/mol. The third-order valence-corrected chi connectivity index (χ3v) is 5.09. The minimum absolute atomic E-state index is 0.0265. The van der Waals surface area contributed by atoms with Gasteiger partial charge in [-0.1, -0.05) is 29.3 Å². The summed E-state index contributed by atoms with van der Waals surface area (Å²) in [4.78, 5) is 0.116. The van der Waals surface area contributed by atoms with Crippen molar-refractivity contribution in [2.45, 2.75) is 27.2 Å². The molecule has 0 radical (unpaired) electrons. The van der Waals surface area contributed by atoms with Gasteiger partial charge in [-0.3, -0.25) is 0 Å². The van der Waals surface area contributed by atoms with Crippen LogP contribution in [0.5, 0.6) is 0 Å². The second-order valence-electron chi connectivity index (χ2n) is 4.50. The molecule has 0 amide bonds. The fourth-order valence-corrected chi connectivity index (χ4v) is 3.27. The molecule has 22 heavy (non-hydrogen) atoms. The highest BCUT2D eigenvalue weighted by Crippen LogP contribution is 2.54. The molecular weight excluding hydrogens is 356 g/mol. The van der Waals surface area contributed by atoms with E-state index in [4.69, 9.17) is 11.6 Å². The van der Waals surface area contributed by atoms with Crippen LogP contribution in [0.1, 0.15) is 5.56 Å². The fourth-order valence-electron chi connectivity index (χ4n) is 1.52. The number of halogens is 5. The largest absolute Gasteiger partial charge is 0.370 e. The average Bonchev–Trinajstić information content (AvgIpc) is 2.43. The summed E-state index contributed by atoms with van der Waals surface area (Å²) < 4.78 is 55.7. The van der Waals surface area contributed by atoms with Crippen LogP contribution in [0, 0.1) is 6.92 Å². The van der Waals surface area contributed by atoms with E-state index in [1.165, 1.54) is 36.4 Å². The first-order valence-corrected chi connectivity index (χ1v) is 8.17. The van der Waals surface area contributed by atoms with Crippen molar-refractivity contribution >= 4 is 35.1 Å². The normalized spacial score (nSPS) is 12.5. The van der Waals surface area contributed by atoms with Gasteiger partial charge < -0.3 is 0 Å². The van der Waals surface area contributed by atoms with E-state index in [1.54, 1.807) is 19.1 Å². The number of hydrogen-bond acceptors (Lipinski definition) is 2.